The maximum absolute atomic E-state index is 11.3. The van der Waals surface area contributed by atoms with Gasteiger partial charge in [0.1, 0.15) is 11.1 Å². The van der Waals surface area contributed by atoms with Crippen LogP contribution in [0.5, 0.6) is 0 Å². The van der Waals surface area contributed by atoms with Crippen molar-refractivity contribution >= 4 is 22.2 Å². The van der Waals surface area contributed by atoms with Gasteiger partial charge >= 0.3 is 0 Å². The molecule has 0 unspecified atom stereocenters. The van der Waals surface area contributed by atoms with Crippen molar-refractivity contribution < 1.29 is 4.79 Å². The molecular weight excluding hydrogens is 184 g/mol. The number of amides is 1. The standard InChI is InChI=1S/C9H8N2OS/c10-5-7-3-4-13-9(7)11-8(12)6-1-2-6/h3-4,6H,1-2H2,(H,11,12). The van der Waals surface area contributed by atoms with Gasteiger partial charge in [0.05, 0.1) is 5.56 Å². The monoisotopic (exact) mass is 192 g/mol. The van der Waals surface area contributed by atoms with Gasteiger partial charge in [0.2, 0.25) is 5.91 Å². The van der Waals surface area contributed by atoms with Gasteiger partial charge in [0.15, 0.2) is 0 Å². The highest BCUT2D eigenvalue weighted by Gasteiger charge is 2.30. The topological polar surface area (TPSA) is 52.9 Å². The van der Waals surface area contributed by atoms with E-state index in [-0.39, 0.29) is 11.8 Å². The Morgan fingerprint density at radius 2 is 2.46 bits per heavy atom. The molecule has 1 N–H and O–H groups in total. The third-order valence-electron chi connectivity index (χ3n) is 1.97. The van der Waals surface area contributed by atoms with Crippen LogP contribution in [0.3, 0.4) is 0 Å². The number of hydrogen-bond acceptors (Lipinski definition) is 3. The molecule has 66 valence electrons. The predicted octanol–water partition coefficient (Wildman–Crippen LogP) is 1.97. The first kappa shape index (κ1) is 8.27. The number of rotatable bonds is 2. The Balaban J connectivity index is 2.08. The van der Waals surface area contributed by atoms with Crippen LogP contribution in [0.1, 0.15) is 18.4 Å². The van der Waals surface area contributed by atoms with E-state index < -0.39 is 0 Å². The van der Waals surface area contributed by atoms with Crippen LogP contribution < -0.4 is 5.32 Å². The third kappa shape index (κ3) is 1.70. The second-order valence-electron chi connectivity index (χ2n) is 3.04. The van der Waals surface area contributed by atoms with Gasteiger partial charge in [-0.1, -0.05) is 0 Å². The van der Waals surface area contributed by atoms with E-state index >= 15 is 0 Å². The highest BCUT2D eigenvalue weighted by molar-refractivity contribution is 7.14. The molecular formula is C9H8N2OS. The zero-order valence-corrected chi connectivity index (χ0v) is 7.73. The lowest BCUT2D eigenvalue weighted by atomic mass is 10.3. The van der Waals surface area contributed by atoms with Crippen LogP contribution >= 0.6 is 11.3 Å². The first-order valence-corrected chi connectivity index (χ1v) is 4.97. The third-order valence-corrected chi connectivity index (χ3v) is 2.80. The largest absolute Gasteiger partial charge is 0.316 e. The molecule has 4 heteroatoms. The second kappa shape index (κ2) is 3.19. The first-order valence-electron chi connectivity index (χ1n) is 4.09. The Hall–Kier alpha value is -1.34. The Labute approximate surface area is 80.0 Å². The summed E-state index contributed by atoms with van der Waals surface area (Å²) in [5.74, 6) is 0.243. The number of nitrogens with one attached hydrogen (secondary N) is 1. The molecule has 1 aromatic rings. The van der Waals surface area contributed by atoms with Crippen molar-refractivity contribution in [2.24, 2.45) is 5.92 Å². The molecule has 1 aromatic heterocycles. The summed E-state index contributed by atoms with van der Waals surface area (Å²) in [6.45, 7) is 0. The lowest BCUT2D eigenvalue weighted by molar-refractivity contribution is -0.117. The first-order chi connectivity index (χ1) is 6.31. The molecule has 0 saturated heterocycles. The van der Waals surface area contributed by atoms with Crippen molar-refractivity contribution in [3.05, 3.63) is 17.0 Å². The zero-order chi connectivity index (χ0) is 9.26. The Morgan fingerprint density at radius 1 is 1.69 bits per heavy atom. The van der Waals surface area contributed by atoms with Crippen molar-refractivity contribution in [2.45, 2.75) is 12.8 Å². The molecule has 3 nitrogen and oxygen atoms in total. The molecule has 13 heavy (non-hydrogen) atoms. The maximum Gasteiger partial charge on any atom is 0.228 e. The molecule has 1 aliphatic carbocycles. The highest BCUT2D eigenvalue weighted by atomic mass is 32.1. The molecule has 1 aliphatic rings. The van der Waals surface area contributed by atoms with Gasteiger partial charge in [-0.25, -0.2) is 0 Å². The minimum Gasteiger partial charge on any atom is -0.316 e. The lowest BCUT2D eigenvalue weighted by Gasteiger charge is -1.99. The van der Waals surface area contributed by atoms with Crippen LogP contribution in [0.25, 0.3) is 0 Å². The lowest BCUT2D eigenvalue weighted by Crippen LogP contribution is -2.12. The van der Waals surface area contributed by atoms with E-state index in [1.165, 1.54) is 11.3 Å². The molecule has 0 spiro atoms. The predicted molar refractivity (Wildman–Crippen MR) is 50.4 cm³/mol. The van der Waals surface area contributed by atoms with Crippen LogP contribution in [0, 0.1) is 17.2 Å². The van der Waals surface area contributed by atoms with Crippen LogP contribution in [0.2, 0.25) is 0 Å². The fourth-order valence-corrected chi connectivity index (χ4v) is 1.79. The fourth-order valence-electron chi connectivity index (χ4n) is 1.05. The zero-order valence-electron chi connectivity index (χ0n) is 6.91. The molecule has 0 atom stereocenters. The SMILES string of the molecule is N#Cc1ccsc1NC(=O)C1CC1. The van der Waals surface area contributed by atoms with E-state index in [1.807, 2.05) is 6.07 Å². The smallest absolute Gasteiger partial charge is 0.228 e. The van der Waals surface area contributed by atoms with E-state index in [9.17, 15) is 4.79 Å². The molecule has 1 saturated carbocycles. The summed E-state index contributed by atoms with van der Waals surface area (Å²) in [4.78, 5) is 11.3. The summed E-state index contributed by atoms with van der Waals surface area (Å²) in [6, 6.07) is 3.75. The summed E-state index contributed by atoms with van der Waals surface area (Å²) in [5, 5.41) is 13.9. The van der Waals surface area contributed by atoms with E-state index in [4.69, 9.17) is 5.26 Å². The summed E-state index contributed by atoms with van der Waals surface area (Å²) in [5.41, 5.74) is 0.555. The van der Waals surface area contributed by atoms with Crippen molar-refractivity contribution in [2.75, 3.05) is 5.32 Å². The second-order valence-corrected chi connectivity index (χ2v) is 3.95. The minimum absolute atomic E-state index is 0.0546. The van der Waals surface area contributed by atoms with E-state index in [0.29, 0.717) is 10.6 Å². The van der Waals surface area contributed by atoms with Gasteiger partial charge < -0.3 is 5.32 Å². The van der Waals surface area contributed by atoms with Gasteiger partial charge in [-0.05, 0) is 24.3 Å². The van der Waals surface area contributed by atoms with Crippen molar-refractivity contribution in [3.8, 4) is 6.07 Å². The summed E-state index contributed by atoms with van der Waals surface area (Å²) in [7, 11) is 0. The van der Waals surface area contributed by atoms with Crippen molar-refractivity contribution in [3.63, 3.8) is 0 Å². The maximum atomic E-state index is 11.3. The molecule has 1 amide bonds. The van der Waals surface area contributed by atoms with E-state index in [2.05, 4.69) is 5.32 Å². The number of nitrogens with zero attached hydrogens (tertiary/aromatic N) is 1. The number of thiophene rings is 1. The van der Waals surface area contributed by atoms with Crippen molar-refractivity contribution in [1.82, 2.24) is 0 Å². The number of hydrogen-bond donors (Lipinski definition) is 1. The quantitative estimate of drug-likeness (QED) is 0.778. The van der Waals surface area contributed by atoms with Crippen molar-refractivity contribution in [1.29, 1.82) is 5.26 Å². The normalized spacial score (nSPS) is 15.0. The summed E-state index contributed by atoms with van der Waals surface area (Å²) in [6.07, 6.45) is 1.97. The van der Waals surface area contributed by atoms with Gasteiger partial charge in [0, 0.05) is 5.92 Å². The summed E-state index contributed by atoms with van der Waals surface area (Å²) < 4.78 is 0. The van der Waals surface area contributed by atoms with Gasteiger partial charge in [0.25, 0.3) is 0 Å². The molecule has 2 rings (SSSR count). The average Bonchev–Trinajstić information content (AvgIpc) is 2.88. The Kier molecular flexibility index (Phi) is 2.03. The number of carbonyl (C=O) groups excluding carboxylic acids is 1. The van der Waals surface area contributed by atoms with Crippen LogP contribution in [0.15, 0.2) is 11.4 Å². The van der Waals surface area contributed by atoms with E-state index in [1.54, 1.807) is 11.4 Å². The highest BCUT2D eigenvalue weighted by Crippen LogP contribution is 2.31. The van der Waals surface area contributed by atoms with Crippen LogP contribution in [0.4, 0.5) is 5.00 Å². The minimum atomic E-state index is 0.0546. The fraction of sp³-hybridized carbons (Fsp3) is 0.333. The Morgan fingerprint density at radius 3 is 3.08 bits per heavy atom. The van der Waals surface area contributed by atoms with Crippen LogP contribution in [-0.4, -0.2) is 5.91 Å². The van der Waals surface area contributed by atoms with E-state index in [0.717, 1.165) is 12.8 Å². The molecule has 1 fully saturated rings. The number of carbonyl (C=O) groups is 1. The van der Waals surface area contributed by atoms with Gasteiger partial charge in [-0.15, -0.1) is 11.3 Å². The number of nitriles is 1. The molecule has 0 bridgehead atoms. The van der Waals surface area contributed by atoms with Gasteiger partial charge in [-0.3, -0.25) is 4.79 Å². The Bertz CT molecular complexity index is 373. The molecule has 0 aromatic carbocycles. The van der Waals surface area contributed by atoms with Crippen LogP contribution in [-0.2, 0) is 4.79 Å². The average molecular weight is 192 g/mol. The molecule has 0 radical (unpaired) electrons. The number of anilines is 1. The molecule has 1 heterocycles. The molecule has 0 aliphatic heterocycles. The van der Waals surface area contributed by atoms with Gasteiger partial charge in [-0.2, -0.15) is 5.26 Å². The summed E-state index contributed by atoms with van der Waals surface area (Å²) >= 11 is 1.39.